The van der Waals surface area contributed by atoms with Crippen molar-refractivity contribution in [2.45, 2.75) is 39.7 Å². The molecule has 1 aromatic heterocycles. The summed E-state index contributed by atoms with van der Waals surface area (Å²) in [7, 11) is 0. The van der Waals surface area contributed by atoms with Crippen molar-refractivity contribution in [1.29, 1.82) is 0 Å². The molecular formula is C16H29N5O3. The quantitative estimate of drug-likeness (QED) is 0.397. The second kappa shape index (κ2) is 11.0. The minimum atomic E-state index is 0.371. The highest BCUT2D eigenvalue weighted by Crippen LogP contribution is 2.14. The zero-order valence-electron chi connectivity index (χ0n) is 14.7. The van der Waals surface area contributed by atoms with E-state index < -0.39 is 0 Å². The Morgan fingerprint density at radius 2 is 2.17 bits per heavy atom. The van der Waals surface area contributed by atoms with Crippen molar-refractivity contribution in [2.24, 2.45) is 10.9 Å². The Bertz CT molecular complexity index is 486. The van der Waals surface area contributed by atoms with Gasteiger partial charge in [0.25, 0.3) is 0 Å². The first kappa shape index (κ1) is 18.7. The molecule has 0 unspecified atom stereocenters. The summed E-state index contributed by atoms with van der Waals surface area (Å²) in [5.74, 6) is 2.55. The fourth-order valence-electron chi connectivity index (χ4n) is 2.44. The van der Waals surface area contributed by atoms with Gasteiger partial charge in [0.05, 0.1) is 0 Å². The van der Waals surface area contributed by atoms with Gasteiger partial charge in [0.1, 0.15) is 6.54 Å². The van der Waals surface area contributed by atoms with Gasteiger partial charge in [-0.25, -0.2) is 4.99 Å². The second-order valence-electron chi connectivity index (χ2n) is 5.84. The van der Waals surface area contributed by atoms with Gasteiger partial charge >= 0.3 is 0 Å². The van der Waals surface area contributed by atoms with E-state index in [-0.39, 0.29) is 0 Å². The zero-order chi connectivity index (χ0) is 17.0. The Kier molecular flexibility index (Phi) is 8.54. The molecule has 0 bridgehead atoms. The number of rotatable bonds is 9. The lowest BCUT2D eigenvalue weighted by Gasteiger charge is -2.21. The number of aromatic nitrogens is 2. The van der Waals surface area contributed by atoms with Crippen molar-refractivity contribution in [1.82, 2.24) is 20.8 Å². The van der Waals surface area contributed by atoms with Crippen molar-refractivity contribution in [3.05, 3.63) is 11.7 Å². The van der Waals surface area contributed by atoms with Gasteiger partial charge in [-0.05, 0) is 39.0 Å². The number of nitrogens with one attached hydrogen (secondary N) is 2. The van der Waals surface area contributed by atoms with E-state index in [4.69, 9.17) is 14.0 Å². The molecule has 2 rings (SSSR count). The van der Waals surface area contributed by atoms with Gasteiger partial charge < -0.3 is 24.6 Å². The fraction of sp³-hybridized carbons (Fsp3) is 0.812. The molecule has 0 aromatic carbocycles. The van der Waals surface area contributed by atoms with E-state index in [1.807, 2.05) is 6.92 Å². The molecule has 0 atom stereocenters. The van der Waals surface area contributed by atoms with E-state index in [1.165, 1.54) is 0 Å². The summed E-state index contributed by atoms with van der Waals surface area (Å²) >= 11 is 0. The number of guanidine groups is 1. The first-order chi connectivity index (χ1) is 11.8. The first-order valence-electron chi connectivity index (χ1n) is 8.74. The Morgan fingerprint density at radius 1 is 1.33 bits per heavy atom. The lowest BCUT2D eigenvalue weighted by Crippen LogP contribution is -2.38. The molecule has 0 spiro atoms. The Morgan fingerprint density at radius 3 is 2.88 bits per heavy atom. The van der Waals surface area contributed by atoms with E-state index in [0.717, 1.165) is 64.7 Å². The number of hydrogen-bond donors (Lipinski definition) is 2. The van der Waals surface area contributed by atoms with Crippen LogP contribution in [0.15, 0.2) is 9.52 Å². The van der Waals surface area contributed by atoms with Crippen LogP contribution in [0.4, 0.5) is 0 Å². The molecule has 0 amide bonds. The average molecular weight is 339 g/mol. The van der Waals surface area contributed by atoms with E-state index in [0.29, 0.717) is 24.2 Å². The minimum absolute atomic E-state index is 0.371. The minimum Gasteiger partial charge on any atom is -0.381 e. The molecule has 2 heterocycles. The topological polar surface area (TPSA) is 93.8 Å². The fourth-order valence-corrected chi connectivity index (χ4v) is 2.44. The van der Waals surface area contributed by atoms with Gasteiger partial charge in [-0.3, -0.25) is 0 Å². The number of aryl methyl sites for hydroxylation is 1. The van der Waals surface area contributed by atoms with Crippen molar-refractivity contribution in [3.63, 3.8) is 0 Å². The maximum atomic E-state index is 5.76. The number of aliphatic imine (C=N–C) groups is 1. The van der Waals surface area contributed by atoms with Gasteiger partial charge in [0.15, 0.2) is 11.8 Å². The standard InChI is InChI=1S/C16H29N5O3/c1-3-17-16(19-11-15-20-13(2)21-24-15)18-7-4-8-23-12-14-5-9-22-10-6-14/h14H,3-12H2,1-2H3,(H2,17,18,19). The van der Waals surface area contributed by atoms with E-state index in [2.05, 4.69) is 25.8 Å². The van der Waals surface area contributed by atoms with Crippen molar-refractivity contribution < 1.29 is 14.0 Å². The third kappa shape index (κ3) is 7.27. The summed E-state index contributed by atoms with van der Waals surface area (Å²) in [6, 6.07) is 0. The molecule has 1 fully saturated rings. The highest BCUT2D eigenvalue weighted by molar-refractivity contribution is 5.79. The van der Waals surface area contributed by atoms with Gasteiger partial charge in [-0.1, -0.05) is 5.16 Å². The van der Waals surface area contributed by atoms with Crippen molar-refractivity contribution in [2.75, 3.05) is 39.5 Å². The second-order valence-corrected chi connectivity index (χ2v) is 5.84. The molecule has 0 aliphatic carbocycles. The third-order valence-corrected chi connectivity index (χ3v) is 3.74. The predicted octanol–water partition coefficient (Wildman–Crippen LogP) is 1.27. The number of nitrogens with zero attached hydrogens (tertiary/aromatic N) is 3. The normalized spacial score (nSPS) is 16.3. The van der Waals surface area contributed by atoms with E-state index in [9.17, 15) is 0 Å². The summed E-state index contributed by atoms with van der Waals surface area (Å²) < 4.78 is 16.2. The van der Waals surface area contributed by atoms with Crippen LogP contribution in [0, 0.1) is 12.8 Å². The summed E-state index contributed by atoms with van der Waals surface area (Å²) in [4.78, 5) is 8.57. The van der Waals surface area contributed by atoms with Crippen LogP contribution in [0.5, 0.6) is 0 Å². The molecule has 1 aliphatic rings. The molecule has 136 valence electrons. The molecule has 24 heavy (non-hydrogen) atoms. The van der Waals surface area contributed by atoms with Crippen LogP contribution in [-0.4, -0.2) is 55.6 Å². The van der Waals surface area contributed by atoms with Gasteiger partial charge in [-0.15, -0.1) is 0 Å². The van der Waals surface area contributed by atoms with Crippen LogP contribution in [0.2, 0.25) is 0 Å². The van der Waals surface area contributed by atoms with Crippen molar-refractivity contribution >= 4 is 5.96 Å². The van der Waals surface area contributed by atoms with Gasteiger partial charge in [0.2, 0.25) is 5.89 Å². The van der Waals surface area contributed by atoms with Crippen LogP contribution < -0.4 is 10.6 Å². The van der Waals surface area contributed by atoms with Crippen LogP contribution in [0.1, 0.15) is 37.9 Å². The molecule has 2 N–H and O–H groups in total. The molecular weight excluding hydrogens is 310 g/mol. The molecule has 1 aromatic rings. The smallest absolute Gasteiger partial charge is 0.248 e. The summed E-state index contributed by atoms with van der Waals surface area (Å²) in [5.41, 5.74) is 0. The monoisotopic (exact) mass is 339 g/mol. The van der Waals surface area contributed by atoms with Crippen LogP contribution in [0.25, 0.3) is 0 Å². The summed E-state index contributed by atoms with van der Waals surface area (Å²) in [5, 5.41) is 10.2. The first-order valence-corrected chi connectivity index (χ1v) is 8.74. The zero-order valence-corrected chi connectivity index (χ0v) is 14.7. The van der Waals surface area contributed by atoms with Gasteiger partial charge in [-0.2, -0.15) is 4.98 Å². The average Bonchev–Trinajstić information content (AvgIpc) is 3.02. The molecule has 0 radical (unpaired) electrons. The van der Waals surface area contributed by atoms with E-state index >= 15 is 0 Å². The lowest BCUT2D eigenvalue weighted by molar-refractivity contribution is 0.0203. The van der Waals surface area contributed by atoms with Crippen LogP contribution in [0.3, 0.4) is 0 Å². The van der Waals surface area contributed by atoms with Crippen LogP contribution in [-0.2, 0) is 16.0 Å². The summed E-state index contributed by atoms with van der Waals surface area (Å²) in [6.45, 7) is 9.15. The van der Waals surface area contributed by atoms with Crippen LogP contribution >= 0.6 is 0 Å². The highest BCUT2D eigenvalue weighted by atomic mass is 16.5. The van der Waals surface area contributed by atoms with Gasteiger partial charge in [0, 0.05) is 39.5 Å². The third-order valence-electron chi connectivity index (χ3n) is 3.74. The van der Waals surface area contributed by atoms with Crippen molar-refractivity contribution in [3.8, 4) is 0 Å². The summed E-state index contributed by atoms with van der Waals surface area (Å²) in [6.07, 6.45) is 3.17. The molecule has 8 heteroatoms. The Balaban J connectivity index is 1.58. The number of ether oxygens (including phenoxy) is 2. The van der Waals surface area contributed by atoms with E-state index in [1.54, 1.807) is 6.92 Å². The Hall–Kier alpha value is -1.67. The molecule has 1 saturated heterocycles. The SMILES string of the molecule is CCNC(=NCc1nc(C)no1)NCCCOCC1CCOCC1. The lowest BCUT2D eigenvalue weighted by atomic mass is 10.0. The molecule has 0 saturated carbocycles. The highest BCUT2D eigenvalue weighted by Gasteiger charge is 2.13. The Labute approximate surface area is 143 Å². The molecule has 8 nitrogen and oxygen atoms in total. The molecule has 1 aliphatic heterocycles. The predicted molar refractivity (Wildman–Crippen MR) is 90.8 cm³/mol. The number of hydrogen-bond acceptors (Lipinski definition) is 6. The maximum absolute atomic E-state index is 5.76. The maximum Gasteiger partial charge on any atom is 0.248 e. The largest absolute Gasteiger partial charge is 0.381 e.